The Bertz CT molecular complexity index is 1110. The maximum absolute atomic E-state index is 12.7. The van der Waals surface area contributed by atoms with Gasteiger partial charge in [0, 0.05) is 21.7 Å². The molecule has 0 atom stereocenters. The van der Waals surface area contributed by atoms with E-state index in [-0.39, 0.29) is 12.4 Å². The van der Waals surface area contributed by atoms with Gasteiger partial charge in [-0.05, 0) is 47.4 Å². The fraction of sp³-hybridized carbons (Fsp3) is 0.160. The number of allylic oxidation sites excluding steroid dienone is 1. The molecule has 0 N–H and O–H groups in total. The Labute approximate surface area is 185 Å². The first kappa shape index (κ1) is 20.5. The van der Waals surface area contributed by atoms with Crippen molar-refractivity contribution in [3.05, 3.63) is 98.7 Å². The van der Waals surface area contributed by atoms with Crippen LogP contribution in [0.5, 0.6) is 11.5 Å². The Morgan fingerprint density at radius 3 is 2.37 bits per heavy atom. The van der Waals surface area contributed by atoms with Gasteiger partial charge in [0.2, 0.25) is 5.78 Å². The first-order valence-electron chi connectivity index (χ1n) is 9.66. The third-order valence-electron chi connectivity index (χ3n) is 4.99. The average molecular weight is 439 g/mol. The molecule has 3 aromatic rings. The standard InChI is InChI=1S/C25H20Cl2O3/c1-15(2)17-8-6-16(7-9-17)12-24-25(28)19-11-10-18(13-23(19)30-24)29-14-20-21(26)4-3-5-22(20)27/h3-13,15H,14H2,1-2H3/b24-12-. The molecule has 0 unspecified atom stereocenters. The number of benzene rings is 3. The minimum absolute atomic E-state index is 0.140. The lowest BCUT2D eigenvalue weighted by Crippen LogP contribution is -1.98. The molecule has 0 saturated heterocycles. The van der Waals surface area contributed by atoms with Gasteiger partial charge in [0.25, 0.3) is 0 Å². The van der Waals surface area contributed by atoms with Crippen LogP contribution in [0.15, 0.2) is 66.4 Å². The van der Waals surface area contributed by atoms with E-state index in [0.717, 1.165) is 5.56 Å². The van der Waals surface area contributed by atoms with Gasteiger partial charge in [0.15, 0.2) is 5.76 Å². The van der Waals surface area contributed by atoms with E-state index < -0.39 is 0 Å². The highest BCUT2D eigenvalue weighted by Gasteiger charge is 2.27. The summed E-state index contributed by atoms with van der Waals surface area (Å²) in [7, 11) is 0. The van der Waals surface area contributed by atoms with Gasteiger partial charge in [-0.2, -0.15) is 0 Å². The SMILES string of the molecule is CC(C)c1ccc(/C=C2\Oc3cc(OCc4c(Cl)cccc4Cl)ccc3C2=O)cc1. The second-order valence-electron chi connectivity index (χ2n) is 7.41. The summed E-state index contributed by atoms with van der Waals surface area (Å²) >= 11 is 12.4. The number of hydrogen-bond acceptors (Lipinski definition) is 3. The van der Waals surface area contributed by atoms with Crippen LogP contribution in [-0.2, 0) is 6.61 Å². The van der Waals surface area contributed by atoms with E-state index in [1.165, 1.54) is 5.56 Å². The molecule has 30 heavy (non-hydrogen) atoms. The number of ether oxygens (including phenoxy) is 2. The van der Waals surface area contributed by atoms with Crippen LogP contribution in [0.25, 0.3) is 6.08 Å². The molecule has 1 aliphatic heterocycles. The second kappa shape index (κ2) is 8.55. The molecule has 4 rings (SSSR count). The van der Waals surface area contributed by atoms with Crippen LogP contribution in [0.1, 0.15) is 46.8 Å². The van der Waals surface area contributed by atoms with Crippen molar-refractivity contribution >= 4 is 35.1 Å². The minimum atomic E-state index is -0.140. The molecule has 0 spiro atoms. The number of carbonyl (C=O) groups is 1. The van der Waals surface area contributed by atoms with Gasteiger partial charge in [-0.1, -0.05) is 67.4 Å². The quantitative estimate of drug-likeness (QED) is 0.391. The molecule has 3 nitrogen and oxygen atoms in total. The molecule has 1 heterocycles. The van der Waals surface area contributed by atoms with Crippen molar-refractivity contribution in [1.29, 1.82) is 0 Å². The van der Waals surface area contributed by atoms with Gasteiger partial charge >= 0.3 is 0 Å². The maximum Gasteiger partial charge on any atom is 0.231 e. The highest BCUT2D eigenvalue weighted by Crippen LogP contribution is 2.35. The highest BCUT2D eigenvalue weighted by molar-refractivity contribution is 6.35. The van der Waals surface area contributed by atoms with E-state index in [9.17, 15) is 4.79 Å². The van der Waals surface area contributed by atoms with E-state index >= 15 is 0 Å². The Morgan fingerprint density at radius 2 is 1.70 bits per heavy atom. The summed E-state index contributed by atoms with van der Waals surface area (Å²) in [6.45, 7) is 4.51. The lowest BCUT2D eigenvalue weighted by Gasteiger charge is -2.10. The van der Waals surface area contributed by atoms with Crippen LogP contribution in [0.2, 0.25) is 10.0 Å². The second-order valence-corrected chi connectivity index (χ2v) is 8.22. The van der Waals surface area contributed by atoms with Crippen molar-refractivity contribution in [2.24, 2.45) is 0 Å². The molecule has 0 saturated carbocycles. The van der Waals surface area contributed by atoms with Crippen LogP contribution in [0.4, 0.5) is 0 Å². The molecule has 0 amide bonds. The fourth-order valence-electron chi connectivity index (χ4n) is 3.21. The molecule has 1 aliphatic rings. The molecule has 0 radical (unpaired) electrons. The Kier molecular flexibility index (Phi) is 5.85. The predicted molar refractivity (Wildman–Crippen MR) is 121 cm³/mol. The van der Waals surface area contributed by atoms with Crippen LogP contribution >= 0.6 is 23.2 Å². The van der Waals surface area contributed by atoms with Gasteiger partial charge in [-0.15, -0.1) is 0 Å². The Morgan fingerprint density at radius 1 is 1.00 bits per heavy atom. The summed E-state index contributed by atoms with van der Waals surface area (Å²) in [4.78, 5) is 12.7. The summed E-state index contributed by atoms with van der Waals surface area (Å²) < 4.78 is 11.6. The summed E-state index contributed by atoms with van der Waals surface area (Å²) in [5.74, 6) is 1.67. The number of fused-ring (bicyclic) bond motifs is 1. The molecular formula is C25H20Cl2O3. The monoisotopic (exact) mass is 438 g/mol. The number of ketones is 1. The van der Waals surface area contributed by atoms with E-state index in [1.54, 1.807) is 42.5 Å². The van der Waals surface area contributed by atoms with Crippen molar-refractivity contribution in [2.45, 2.75) is 26.4 Å². The topological polar surface area (TPSA) is 35.5 Å². The van der Waals surface area contributed by atoms with Gasteiger partial charge in [-0.25, -0.2) is 0 Å². The summed E-state index contributed by atoms with van der Waals surface area (Å²) in [5, 5.41) is 1.09. The van der Waals surface area contributed by atoms with Gasteiger partial charge in [0.1, 0.15) is 18.1 Å². The third kappa shape index (κ3) is 4.23. The summed E-state index contributed by atoms with van der Waals surface area (Å²) in [5.41, 5.74) is 3.40. The molecule has 0 fully saturated rings. The van der Waals surface area contributed by atoms with E-state index in [2.05, 4.69) is 26.0 Å². The molecule has 5 heteroatoms. The molecule has 152 valence electrons. The first-order valence-corrected chi connectivity index (χ1v) is 10.4. The van der Waals surface area contributed by atoms with Crippen LogP contribution in [0, 0.1) is 0 Å². The first-order chi connectivity index (χ1) is 14.4. The molecule has 0 aliphatic carbocycles. The zero-order valence-corrected chi connectivity index (χ0v) is 18.1. The molecule has 3 aromatic carbocycles. The Hall–Kier alpha value is -2.75. The normalized spacial score (nSPS) is 14.2. The molecular weight excluding hydrogens is 419 g/mol. The van der Waals surface area contributed by atoms with Crippen LogP contribution < -0.4 is 9.47 Å². The highest BCUT2D eigenvalue weighted by atomic mass is 35.5. The number of Topliss-reactive ketones (excluding diaryl/α,β-unsaturated/α-hetero) is 1. The largest absolute Gasteiger partial charge is 0.489 e. The predicted octanol–water partition coefficient (Wildman–Crippen LogP) is 7.31. The zero-order chi connectivity index (χ0) is 21.3. The van der Waals surface area contributed by atoms with E-state index in [4.69, 9.17) is 32.7 Å². The van der Waals surface area contributed by atoms with Crippen molar-refractivity contribution in [3.63, 3.8) is 0 Å². The zero-order valence-electron chi connectivity index (χ0n) is 16.6. The summed E-state index contributed by atoms with van der Waals surface area (Å²) in [6, 6.07) is 18.6. The van der Waals surface area contributed by atoms with Crippen molar-refractivity contribution in [2.75, 3.05) is 0 Å². The fourth-order valence-corrected chi connectivity index (χ4v) is 3.72. The van der Waals surface area contributed by atoms with Crippen LogP contribution in [0.3, 0.4) is 0 Å². The third-order valence-corrected chi connectivity index (χ3v) is 5.70. The summed E-state index contributed by atoms with van der Waals surface area (Å²) in [6.07, 6.45) is 1.76. The van der Waals surface area contributed by atoms with E-state index in [1.807, 2.05) is 12.1 Å². The number of carbonyl (C=O) groups excluding carboxylic acids is 1. The smallest absolute Gasteiger partial charge is 0.231 e. The lowest BCUT2D eigenvalue weighted by atomic mass is 10.0. The van der Waals surface area contributed by atoms with Gasteiger partial charge in [-0.3, -0.25) is 4.79 Å². The van der Waals surface area contributed by atoms with Gasteiger partial charge < -0.3 is 9.47 Å². The molecule has 0 bridgehead atoms. The Balaban J connectivity index is 1.51. The van der Waals surface area contributed by atoms with Crippen molar-refractivity contribution in [3.8, 4) is 11.5 Å². The average Bonchev–Trinajstić information content (AvgIpc) is 3.03. The van der Waals surface area contributed by atoms with Gasteiger partial charge in [0.05, 0.1) is 5.56 Å². The lowest BCUT2D eigenvalue weighted by molar-refractivity contribution is 0.101. The number of halogens is 2. The maximum atomic E-state index is 12.7. The van der Waals surface area contributed by atoms with E-state index in [0.29, 0.717) is 44.3 Å². The minimum Gasteiger partial charge on any atom is -0.489 e. The number of rotatable bonds is 5. The van der Waals surface area contributed by atoms with Crippen LogP contribution in [-0.4, -0.2) is 5.78 Å². The molecule has 0 aromatic heterocycles. The number of hydrogen-bond donors (Lipinski definition) is 0. The van der Waals surface area contributed by atoms with Crippen molar-refractivity contribution in [1.82, 2.24) is 0 Å². The van der Waals surface area contributed by atoms with Crippen molar-refractivity contribution < 1.29 is 14.3 Å².